The molecule has 1 N–H and O–H groups in total. The van der Waals surface area contributed by atoms with Crippen molar-refractivity contribution in [1.29, 1.82) is 0 Å². The third-order valence-electron chi connectivity index (χ3n) is 3.35. The van der Waals surface area contributed by atoms with Crippen molar-refractivity contribution in [3.05, 3.63) is 42.5 Å². The number of amides is 1. The molecule has 1 saturated heterocycles. The lowest BCUT2D eigenvalue weighted by molar-refractivity contribution is 0.0662. The molecule has 104 valence electrons. The van der Waals surface area contributed by atoms with Gasteiger partial charge in [0, 0.05) is 31.8 Å². The number of nitrogens with zero attached hydrogens (tertiary/aromatic N) is 3. The Morgan fingerprint density at radius 3 is 2.95 bits per heavy atom. The van der Waals surface area contributed by atoms with E-state index in [4.69, 9.17) is 4.74 Å². The Kier molecular flexibility index (Phi) is 3.73. The van der Waals surface area contributed by atoms with Gasteiger partial charge in [-0.3, -0.25) is 14.5 Å². The van der Waals surface area contributed by atoms with Crippen LogP contribution in [0.15, 0.2) is 36.9 Å². The molecule has 1 amide bonds. The quantitative estimate of drug-likeness (QED) is 0.926. The number of hydrogen-bond acceptors (Lipinski definition) is 4. The zero-order valence-electron chi connectivity index (χ0n) is 11.0. The van der Waals surface area contributed by atoms with Crippen LogP contribution in [0.2, 0.25) is 0 Å². The van der Waals surface area contributed by atoms with Gasteiger partial charge in [-0.05, 0) is 25.0 Å². The van der Waals surface area contributed by atoms with E-state index in [0.717, 1.165) is 26.1 Å². The van der Waals surface area contributed by atoms with Crippen molar-refractivity contribution >= 4 is 11.6 Å². The van der Waals surface area contributed by atoms with E-state index in [1.54, 1.807) is 24.5 Å². The zero-order chi connectivity index (χ0) is 13.8. The summed E-state index contributed by atoms with van der Waals surface area (Å²) < 4.78 is 7.24. The highest BCUT2D eigenvalue weighted by atomic mass is 16.5. The minimum atomic E-state index is -0.176. The molecule has 0 bridgehead atoms. The predicted octanol–water partition coefficient (Wildman–Crippen LogP) is 1.88. The Morgan fingerprint density at radius 2 is 2.20 bits per heavy atom. The van der Waals surface area contributed by atoms with Crippen LogP contribution in [0.5, 0.6) is 0 Å². The SMILES string of the molecule is O=C(Nc1cnn(C2CCOCC2)c1)c1cccnc1. The van der Waals surface area contributed by atoms with E-state index in [0.29, 0.717) is 17.3 Å². The van der Waals surface area contributed by atoms with Crippen LogP contribution in [0.1, 0.15) is 29.2 Å². The van der Waals surface area contributed by atoms with E-state index in [1.807, 2.05) is 10.9 Å². The summed E-state index contributed by atoms with van der Waals surface area (Å²) in [4.78, 5) is 15.9. The Morgan fingerprint density at radius 1 is 1.35 bits per heavy atom. The van der Waals surface area contributed by atoms with Gasteiger partial charge in [-0.1, -0.05) is 0 Å². The van der Waals surface area contributed by atoms with Crippen LogP contribution in [0, 0.1) is 0 Å². The molecule has 20 heavy (non-hydrogen) atoms. The summed E-state index contributed by atoms with van der Waals surface area (Å²) in [5.74, 6) is -0.176. The molecule has 0 aromatic carbocycles. The molecule has 0 saturated carbocycles. The van der Waals surface area contributed by atoms with Crippen LogP contribution in [-0.4, -0.2) is 33.9 Å². The second-order valence-electron chi connectivity index (χ2n) is 4.75. The number of nitrogens with one attached hydrogen (secondary N) is 1. The number of pyridine rings is 1. The normalized spacial score (nSPS) is 16.0. The minimum absolute atomic E-state index is 0.176. The molecule has 3 heterocycles. The van der Waals surface area contributed by atoms with Gasteiger partial charge >= 0.3 is 0 Å². The Balaban J connectivity index is 1.66. The number of aromatic nitrogens is 3. The summed E-state index contributed by atoms with van der Waals surface area (Å²) in [7, 11) is 0. The number of rotatable bonds is 3. The average Bonchev–Trinajstić information content (AvgIpc) is 2.97. The summed E-state index contributed by atoms with van der Waals surface area (Å²) in [5, 5.41) is 7.14. The molecule has 0 spiro atoms. The predicted molar refractivity (Wildman–Crippen MR) is 73.5 cm³/mol. The van der Waals surface area contributed by atoms with Gasteiger partial charge in [0.1, 0.15) is 0 Å². The summed E-state index contributed by atoms with van der Waals surface area (Å²) >= 11 is 0. The molecule has 1 aliphatic rings. The van der Waals surface area contributed by atoms with Gasteiger partial charge in [0.25, 0.3) is 5.91 Å². The molecule has 6 nitrogen and oxygen atoms in total. The van der Waals surface area contributed by atoms with Crippen molar-refractivity contribution in [3.63, 3.8) is 0 Å². The van der Waals surface area contributed by atoms with Gasteiger partial charge in [-0.25, -0.2) is 0 Å². The van der Waals surface area contributed by atoms with Crippen molar-refractivity contribution in [2.75, 3.05) is 18.5 Å². The summed E-state index contributed by atoms with van der Waals surface area (Å²) in [6.45, 7) is 1.53. The zero-order valence-corrected chi connectivity index (χ0v) is 11.0. The molecule has 3 rings (SSSR count). The minimum Gasteiger partial charge on any atom is -0.381 e. The van der Waals surface area contributed by atoms with Gasteiger partial charge in [-0.15, -0.1) is 0 Å². The van der Waals surface area contributed by atoms with Crippen LogP contribution in [-0.2, 0) is 4.74 Å². The lowest BCUT2D eigenvalue weighted by Gasteiger charge is -2.22. The lowest BCUT2D eigenvalue weighted by atomic mass is 10.1. The average molecular weight is 272 g/mol. The number of carbonyl (C=O) groups is 1. The van der Waals surface area contributed by atoms with Crippen molar-refractivity contribution in [2.24, 2.45) is 0 Å². The van der Waals surface area contributed by atoms with Crippen molar-refractivity contribution in [2.45, 2.75) is 18.9 Å². The maximum absolute atomic E-state index is 12.0. The van der Waals surface area contributed by atoms with E-state index in [2.05, 4.69) is 15.4 Å². The topological polar surface area (TPSA) is 69.0 Å². The van der Waals surface area contributed by atoms with Gasteiger partial charge < -0.3 is 10.1 Å². The first kappa shape index (κ1) is 12.8. The highest BCUT2D eigenvalue weighted by molar-refractivity contribution is 6.03. The number of carbonyl (C=O) groups excluding carboxylic acids is 1. The first-order valence-electron chi connectivity index (χ1n) is 6.66. The number of anilines is 1. The third-order valence-corrected chi connectivity index (χ3v) is 3.35. The maximum Gasteiger partial charge on any atom is 0.257 e. The van der Waals surface area contributed by atoms with Crippen LogP contribution in [0.3, 0.4) is 0 Å². The van der Waals surface area contributed by atoms with Crippen molar-refractivity contribution < 1.29 is 9.53 Å². The second kappa shape index (κ2) is 5.83. The van der Waals surface area contributed by atoms with E-state index >= 15 is 0 Å². The fourth-order valence-electron chi connectivity index (χ4n) is 2.25. The lowest BCUT2D eigenvalue weighted by Crippen LogP contribution is -2.19. The molecule has 1 fully saturated rings. The number of hydrogen-bond donors (Lipinski definition) is 1. The molecule has 6 heteroatoms. The number of ether oxygens (including phenoxy) is 1. The Labute approximate surface area is 116 Å². The van der Waals surface area contributed by atoms with Crippen LogP contribution < -0.4 is 5.32 Å². The van der Waals surface area contributed by atoms with Gasteiger partial charge in [-0.2, -0.15) is 5.10 Å². The summed E-state index contributed by atoms with van der Waals surface area (Å²) in [5.41, 5.74) is 1.23. The van der Waals surface area contributed by atoms with Crippen LogP contribution in [0.25, 0.3) is 0 Å². The van der Waals surface area contributed by atoms with E-state index in [9.17, 15) is 4.79 Å². The standard InChI is InChI=1S/C14H16N4O2/c19-14(11-2-1-5-15-8-11)17-12-9-16-18(10-12)13-3-6-20-7-4-13/h1-2,5,8-10,13H,3-4,6-7H2,(H,17,19). The van der Waals surface area contributed by atoms with Crippen molar-refractivity contribution in [1.82, 2.24) is 14.8 Å². The smallest absolute Gasteiger partial charge is 0.257 e. The van der Waals surface area contributed by atoms with Gasteiger partial charge in [0.15, 0.2) is 0 Å². The summed E-state index contributed by atoms with van der Waals surface area (Å²) in [6, 6.07) is 3.82. The first-order chi connectivity index (χ1) is 9.83. The highest BCUT2D eigenvalue weighted by Gasteiger charge is 2.17. The molecule has 2 aromatic heterocycles. The van der Waals surface area contributed by atoms with Crippen molar-refractivity contribution in [3.8, 4) is 0 Å². The molecule has 0 unspecified atom stereocenters. The second-order valence-corrected chi connectivity index (χ2v) is 4.75. The van der Waals surface area contributed by atoms with Gasteiger partial charge in [0.2, 0.25) is 0 Å². The Bertz CT molecular complexity index is 576. The van der Waals surface area contributed by atoms with Crippen LogP contribution >= 0.6 is 0 Å². The maximum atomic E-state index is 12.0. The largest absolute Gasteiger partial charge is 0.381 e. The third kappa shape index (κ3) is 2.85. The molecule has 1 aliphatic heterocycles. The molecule has 0 atom stereocenters. The molecule has 0 radical (unpaired) electrons. The van der Waals surface area contributed by atoms with Gasteiger partial charge in [0.05, 0.1) is 23.5 Å². The monoisotopic (exact) mass is 272 g/mol. The Hall–Kier alpha value is -2.21. The van der Waals surface area contributed by atoms with Crippen LogP contribution in [0.4, 0.5) is 5.69 Å². The highest BCUT2D eigenvalue weighted by Crippen LogP contribution is 2.21. The van der Waals surface area contributed by atoms with E-state index < -0.39 is 0 Å². The summed E-state index contributed by atoms with van der Waals surface area (Å²) in [6.07, 6.45) is 8.63. The molecule has 0 aliphatic carbocycles. The van der Waals surface area contributed by atoms with E-state index in [-0.39, 0.29) is 5.91 Å². The van der Waals surface area contributed by atoms with E-state index in [1.165, 1.54) is 6.20 Å². The molecule has 2 aromatic rings. The first-order valence-corrected chi connectivity index (χ1v) is 6.66. The molecular formula is C14H16N4O2. The molecular weight excluding hydrogens is 256 g/mol. The fourth-order valence-corrected chi connectivity index (χ4v) is 2.25. The fraction of sp³-hybridized carbons (Fsp3) is 0.357.